The predicted octanol–water partition coefficient (Wildman–Crippen LogP) is 2.80. The SMILES string of the molecule is CCOC(=O)C[C@H](NC(=O)Cn1nnc(-c2ccc(Cl)cc2)n1)c1ccccc1. The van der Waals surface area contributed by atoms with Gasteiger partial charge in [-0.1, -0.05) is 41.9 Å². The van der Waals surface area contributed by atoms with Gasteiger partial charge in [-0.05, 0) is 42.0 Å². The van der Waals surface area contributed by atoms with Gasteiger partial charge in [0.15, 0.2) is 0 Å². The number of nitrogens with zero attached hydrogens (tertiary/aromatic N) is 4. The molecule has 0 unspecified atom stereocenters. The van der Waals surface area contributed by atoms with Crippen LogP contribution < -0.4 is 5.32 Å². The van der Waals surface area contributed by atoms with Crippen molar-refractivity contribution in [2.45, 2.75) is 25.9 Å². The number of carbonyl (C=O) groups is 2. The number of halogens is 1. The maximum absolute atomic E-state index is 12.5. The molecule has 0 bridgehead atoms. The monoisotopic (exact) mass is 413 g/mol. The summed E-state index contributed by atoms with van der Waals surface area (Å²) in [6, 6.07) is 15.7. The Bertz CT molecular complexity index is 960. The van der Waals surface area contributed by atoms with Gasteiger partial charge in [-0.2, -0.15) is 4.80 Å². The van der Waals surface area contributed by atoms with E-state index in [1.54, 1.807) is 31.2 Å². The minimum Gasteiger partial charge on any atom is -0.466 e. The van der Waals surface area contributed by atoms with Crippen molar-refractivity contribution in [1.82, 2.24) is 25.5 Å². The first-order valence-corrected chi connectivity index (χ1v) is 9.46. The number of hydrogen-bond donors (Lipinski definition) is 1. The topological polar surface area (TPSA) is 99.0 Å². The first kappa shape index (κ1) is 20.5. The third kappa shape index (κ3) is 5.86. The van der Waals surface area contributed by atoms with E-state index in [4.69, 9.17) is 16.3 Å². The molecule has 0 fully saturated rings. The Balaban J connectivity index is 1.67. The van der Waals surface area contributed by atoms with E-state index in [0.717, 1.165) is 11.1 Å². The molecule has 1 aromatic heterocycles. The zero-order chi connectivity index (χ0) is 20.6. The first-order chi connectivity index (χ1) is 14.0. The number of rotatable bonds is 8. The maximum Gasteiger partial charge on any atom is 0.308 e. The van der Waals surface area contributed by atoms with Crippen LogP contribution in [0.2, 0.25) is 5.02 Å². The molecule has 3 aromatic rings. The van der Waals surface area contributed by atoms with Crippen molar-refractivity contribution in [2.24, 2.45) is 0 Å². The summed E-state index contributed by atoms with van der Waals surface area (Å²) in [6.07, 6.45) is 0.0321. The summed E-state index contributed by atoms with van der Waals surface area (Å²) in [4.78, 5) is 25.6. The quantitative estimate of drug-likeness (QED) is 0.570. The van der Waals surface area contributed by atoms with E-state index in [1.807, 2.05) is 30.3 Å². The molecule has 0 aliphatic carbocycles. The van der Waals surface area contributed by atoms with Crippen LogP contribution in [0.15, 0.2) is 54.6 Å². The molecule has 1 heterocycles. The molecule has 1 atom stereocenters. The highest BCUT2D eigenvalue weighted by molar-refractivity contribution is 6.30. The summed E-state index contributed by atoms with van der Waals surface area (Å²) in [6.45, 7) is 1.89. The summed E-state index contributed by atoms with van der Waals surface area (Å²) < 4.78 is 5.01. The highest BCUT2D eigenvalue weighted by Crippen LogP contribution is 2.18. The zero-order valence-electron chi connectivity index (χ0n) is 15.8. The van der Waals surface area contributed by atoms with Gasteiger partial charge in [0.25, 0.3) is 0 Å². The molecular formula is C20H20ClN5O3. The summed E-state index contributed by atoms with van der Waals surface area (Å²) in [5, 5.41) is 15.5. The van der Waals surface area contributed by atoms with E-state index in [-0.39, 0.29) is 31.4 Å². The fraction of sp³-hybridized carbons (Fsp3) is 0.250. The van der Waals surface area contributed by atoms with E-state index < -0.39 is 6.04 Å². The minimum absolute atomic E-state index is 0.0321. The van der Waals surface area contributed by atoms with Gasteiger partial charge in [-0.15, -0.1) is 10.2 Å². The van der Waals surface area contributed by atoms with Crippen molar-refractivity contribution in [1.29, 1.82) is 0 Å². The van der Waals surface area contributed by atoms with Crippen LogP contribution in [0.1, 0.15) is 24.9 Å². The molecule has 0 saturated heterocycles. The summed E-state index contributed by atoms with van der Waals surface area (Å²) >= 11 is 5.88. The minimum atomic E-state index is -0.512. The number of nitrogens with one attached hydrogen (secondary N) is 1. The Labute approximate surface area is 172 Å². The van der Waals surface area contributed by atoms with Gasteiger partial charge in [0.2, 0.25) is 11.7 Å². The van der Waals surface area contributed by atoms with Crippen LogP contribution in [0.5, 0.6) is 0 Å². The number of hydrogen-bond acceptors (Lipinski definition) is 6. The molecule has 0 aliphatic rings. The van der Waals surface area contributed by atoms with Gasteiger partial charge in [0.05, 0.1) is 19.1 Å². The van der Waals surface area contributed by atoms with Crippen LogP contribution in [-0.2, 0) is 20.9 Å². The number of tetrazole rings is 1. The molecular weight excluding hydrogens is 394 g/mol. The molecule has 150 valence electrons. The first-order valence-electron chi connectivity index (χ1n) is 9.09. The third-order valence-electron chi connectivity index (χ3n) is 4.05. The van der Waals surface area contributed by atoms with Gasteiger partial charge < -0.3 is 10.1 Å². The van der Waals surface area contributed by atoms with Crippen molar-refractivity contribution in [3.05, 3.63) is 65.2 Å². The van der Waals surface area contributed by atoms with Gasteiger partial charge >= 0.3 is 5.97 Å². The molecule has 0 saturated carbocycles. The average Bonchev–Trinajstić information content (AvgIpc) is 3.17. The van der Waals surface area contributed by atoms with E-state index in [2.05, 4.69) is 20.7 Å². The molecule has 9 heteroatoms. The lowest BCUT2D eigenvalue weighted by Gasteiger charge is -2.18. The molecule has 0 spiro atoms. The summed E-state index contributed by atoms with van der Waals surface area (Å²) in [7, 11) is 0. The Hall–Kier alpha value is -3.26. The maximum atomic E-state index is 12.5. The summed E-state index contributed by atoms with van der Waals surface area (Å²) in [5.41, 5.74) is 1.55. The molecule has 0 aliphatic heterocycles. The van der Waals surface area contributed by atoms with Gasteiger partial charge in [0.1, 0.15) is 6.54 Å². The third-order valence-corrected chi connectivity index (χ3v) is 4.31. The van der Waals surface area contributed by atoms with Crippen LogP contribution in [0, 0.1) is 0 Å². The summed E-state index contributed by atoms with van der Waals surface area (Å²) in [5.74, 6) is -0.339. The Morgan fingerprint density at radius 2 is 1.86 bits per heavy atom. The van der Waals surface area contributed by atoms with Crippen molar-refractivity contribution < 1.29 is 14.3 Å². The van der Waals surface area contributed by atoms with Crippen molar-refractivity contribution in [3.63, 3.8) is 0 Å². The number of benzene rings is 2. The average molecular weight is 414 g/mol. The molecule has 2 aromatic carbocycles. The molecule has 0 radical (unpaired) electrons. The Morgan fingerprint density at radius 3 is 2.55 bits per heavy atom. The number of ether oxygens (including phenoxy) is 1. The second-order valence-electron chi connectivity index (χ2n) is 6.19. The lowest BCUT2D eigenvalue weighted by atomic mass is 10.0. The normalized spacial score (nSPS) is 11.7. The van der Waals surface area contributed by atoms with Gasteiger partial charge in [-0.25, -0.2) is 0 Å². The molecule has 1 N–H and O–H groups in total. The highest BCUT2D eigenvalue weighted by atomic mass is 35.5. The van der Waals surface area contributed by atoms with E-state index in [0.29, 0.717) is 10.8 Å². The second kappa shape index (κ2) is 9.79. The lowest BCUT2D eigenvalue weighted by molar-refractivity contribution is -0.143. The highest BCUT2D eigenvalue weighted by Gasteiger charge is 2.20. The van der Waals surface area contributed by atoms with Crippen molar-refractivity contribution >= 4 is 23.5 Å². The Morgan fingerprint density at radius 1 is 1.14 bits per heavy atom. The fourth-order valence-electron chi connectivity index (χ4n) is 2.72. The van der Waals surface area contributed by atoms with Crippen LogP contribution >= 0.6 is 11.6 Å². The molecule has 29 heavy (non-hydrogen) atoms. The lowest BCUT2D eigenvalue weighted by Crippen LogP contribution is -2.33. The van der Waals surface area contributed by atoms with Crippen molar-refractivity contribution in [2.75, 3.05) is 6.61 Å². The van der Waals surface area contributed by atoms with E-state index >= 15 is 0 Å². The fourth-order valence-corrected chi connectivity index (χ4v) is 2.84. The van der Waals surface area contributed by atoms with Crippen LogP contribution in [-0.4, -0.2) is 38.7 Å². The Kier molecular flexibility index (Phi) is 6.91. The smallest absolute Gasteiger partial charge is 0.308 e. The van der Waals surface area contributed by atoms with Gasteiger partial charge in [0, 0.05) is 10.6 Å². The predicted molar refractivity (Wildman–Crippen MR) is 107 cm³/mol. The number of aromatic nitrogens is 4. The van der Waals surface area contributed by atoms with E-state index in [9.17, 15) is 9.59 Å². The molecule has 1 amide bonds. The molecule has 8 nitrogen and oxygen atoms in total. The van der Waals surface area contributed by atoms with Gasteiger partial charge in [-0.3, -0.25) is 9.59 Å². The zero-order valence-corrected chi connectivity index (χ0v) is 16.5. The van der Waals surface area contributed by atoms with Crippen LogP contribution in [0.3, 0.4) is 0 Å². The second-order valence-corrected chi connectivity index (χ2v) is 6.63. The largest absolute Gasteiger partial charge is 0.466 e. The van der Waals surface area contributed by atoms with E-state index in [1.165, 1.54) is 4.80 Å². The standard InChI is InChI=1S/C20H20ClN5O3/c1-2-29-19(28)12-17(14-6-4-3-5-7-14)22-18(27)13-26-24-20(23-25-26)15-8-10-16(21)11-9-15/h3-11,17H,2,12-13H2,1H3,(H,22,27)/t17-/m0/s1. The van der Waals surface area contributed by atoms with Crippen molar-refractivity contribution in [3.8, 4) is 11.4 Å². The number of amides is 1. The van der Waals surface area contributed by atoms with Crippen LogP contribution in [0.4, 0.5) is 0 Å². The van der Waals surface area contributed by atoms with Crippen LogP contribution in [0.25, 0.3) is 11.4 Å². The molecule has 3 rings (SSSR count). The number of carbonyl (C=O) groups excluding carboxylic acids is 2. The number of esters is 1.